The highest BCUT2D eigenvalue weighted by molar-refractivity contribution is 14.1. The Morgan fingerprint density at radius 3 is 2.40 bits per heavy atom. The average Bonchev–Trinajstić information content (AvgIpc) is 2.30. The van der Waals surface area contributed by atoms with Crippen LogP contribution >= 0.6 is 22.6 Å². The molecule has 0 fully saturated rings. The van der Waals surface area contributed by atoms with Crippen LogP contribution in [0.3, 0.4) is 0 Å². The first-order valence-electron chi connectivity index (χ1n) is 4.62. The normalized spacial score (nSPS) is 12.4. The molecule has 0 aliphatic heterocycles. The number of aliphatic hydroxyl groups is 1. The van der Waals surface area contributed by atoms with Crippen molar-refractivity contribution in [1.29, 1.82) is 0 Å². The number of aromatic nitrogens is 1. The Morgan fingerprint density at radius 1 is 1.07 bits per heavy atom. The summed E-state index contributed by atoms with van der Waals surface area (Å²) in [5, 5.41) is 10.0. The van der Waals surface area contributed by atoms with Crippen LogP contribution in [0.1, 0.15) is 17.4 Å². The lowest BCUT2D eigenvalue weighted by Gasteiger charge is -2.09. The second-order valence-corrected chi connectivity index (χ2v) is 4.45. The number of nitrogens with zero attached hydrogens (tertiary/aromatic N) is 1. The molecule has 0 aliphatic rings. The van der Waals surface area contributed by atoms with Gasteiger partial charge in [0, 0.05) is 9.77 Å². The molecule has 76 valence electrons. The Bertz CT molecular complexity index is 427. The molecule has 0 saturated carbocycles. The molecule has 0 saturated heterocycles. The lowest BCUT2D eigenvalue weighted by molar-refractivity contribution is 0.215. The molecule has 3 heteroatoms. The molecular weight excluding hydrogens is 301 g/mol. The van der Waals surface area contributed by atoms with E-state index in [0.29, 0.717) is 5.69 Å². The molecule has 15 heavy (non-hydrogen) atoms. The van der Waals surface area contributed by atoms with Crippen LogP contribution in [0.4, 0.5) is 0 Å². The molecule has 0 radical (unpaired) electrons. The largest absolute Gasteiger partial charge is 0.382 e. The first-order valence-corrected chi connectivity index (χ1v) is 5.70. The molecule has 2 rings (SSSR count). The monoisotopic (exact) mass is 311 g/mol. The number of pyridine rings is 1. The second-order valence-electron chi connectivity index (χ2n) is 3.21. The summed E-state index contributed by atoms with van der Waals surface area (Å²) in [4.78, 5) is 4.13. The predicted molar refractivity (Wildman–Crippen MR) is 67.5 cm³/mol. The fraction of sp³-hybridized carbons (Fsp3) is 0.0833. The Hall–Kier alpha value is -0.940. The van der Waals surface area contributed by atoms with Crippen molar-refractivity contribution < 1.29 is 5.11 Å². The standard InChI is InChI=1S/C12H10INO/c13-10-6-4-9(5-7-10)12(15)11-3-1-2-8-14-11/h1-8,12,15H. The van der Waals surface area contributed by atoms with E-state index in [2.05, 4.69) is 27.6 Å². The van der Waals surface area contributed by atoms with Crippen LogP contribution in [0.2, 0.25) is 0 Å². The summed E-state index contributed by atoms with van der Waals surface area (Å²) < 4.78 is 1.16. The smallest absolute Gasteiger partial charge is 0.121 e. The minimum atomic E-state index is -0.636. The first kappa shape index (κ1) is 10.6. The molecule has 0 aliphatic carbocycles. The van der Waals surface area contributed by atoms with Crippen molar-refractivity contribution in [3.05, 3.63) is 63.5 Å². The van der Waals surface area contributed by atoms with Crippen molar-refractivity contribution in [3.63, 3.8) is 0 Å². The van der Waals surface area contributed by atoms with Gasteiger partial charge in [0.05, 0.1) is 5.69 Å². The van der Waals surface area contributed by atoms with Gasteiger partial charge in [0.1, 0.15) is 6.10 Å². The van der Waals surface area contributed by atoms with Gasteiger partial charge >= 0.3 is 0 Å². The van der Waals surface area contributed by atoms with Crippen LogP contribution in [-0.2, 0) is 0 Å². The molecule has 1 aromatic carbocycles. The van der Waals surface area contributed by atoms with E-state index in [4.69, 9.17) is 0 Å². The number of hydrogen-bond donors (Lipinski definition) is 1. The van der Waals surface area contributed by atoms with Gasteiger partial charge in [0.2, 0.25) is 0 Å². The van der Waals surface area contributed by atoms with Crippen LogP contribution in [0, 0.1) is 3.57 Å². The zero-order valence-electron chi connectivity index (χ0n) is 7.97. The van der Waals surface area contributed by atoms with Gasteiger partial charge in [-0.15, -0.1) is 0 Å². The van der Waals surface area contributed by atoms with Gasteiger partial charge in [-0.1, -0.05) is 18.2 Å². The van der Waals surface area contributed by atoms with E-state index in [1.54, 1.807) is 6.20 Å². The fourth-order valence-corrected chi connectivity index (χ4v) is 1.71. The van der Waals surface area contributed by atoms with Crippen molar-refractivity contribution in [1.82, 2.24) is 4.98 Å². The molecular formula is C12H10INO. The van der Waals surface area contributed by atoms with Gasteiger partial charge in [-0.3, -0.25) is 4.98 Å². The SMILES string of the molecule is OC(c1ccc(I)cc1)c1ccccn1. The maximum atomic E-state index is 10.0. The Balaban J connectivity index is 2.29. The summed E-state index contributed by atoms with van der Waals surface area (Å²) >= 11 is 2.24. The average molecular weight is 311 g/mol. The topological polar surface area (TPSA) is 33.1 Å². The lowest BCUT2D eigenvalue weighted by atomic mass is 10.1. The van der Waals surface area contributed by atoms with Crippen molar-refractivity contribution in [2.45, 2.75) is 6.10 Å². The number of aliphatic hydroxyl groups excluding tert-OH is 1. The summed E-state index contributed by atoms with van der Waals surface area (Å²) in [6.07, 6.45) is 1.05. The van der Waals surface area contributed by atoms with Crippen molar-refractivity contribution in [2.24, 2.45) is 0 Å². The van der Waals surface area contributed by atoms with Gasteiger partial charge in [-0.05, 0) is 52.4 Å². The lowest BCUT2D eigenvalue weighted by Crippen LogP contribution is -2.01. The molecule has 1 aromatic heterocycles. The van der Waals surface area contributed by atoms with Gasteiger partial charge < -0.3 is 5.11 Å². The zero-order valence-corrected chi connectivity index (χ0v) is 10.1. The first-order chi connectivity index (χ1) is 7.27. The molecule has 0 amide bonds. The quantitative estimate of drug-likeness (QED) is 0.865. The van der Waals surface area contributed by atoms with E-state index < -0.39 is 6.10 Å². The van der Waals surface area contributed by atoms with E-state index in [9.17, 15) is 5.11 Å². The number of rotatable bonds is 2. The molecule has 2 aromatic rings. The van der Waals surface area contributed by atoms with E-state index in [1.807, 2.05) is 42.5 Å². The molecule has 0 bridgehead atoms. The van der Waals surface area contributed by atoms with Crippen molar-refractivity contribution in [2.75, 3.05) is 0 Å². The summed E-state index contributed by atoms with van der Waals surface area (Å²) in [7, 11) is 0. The van der Waals surface area contributed by atoms with Crippen molar-refractivity contribution >= 4 is 22.6 Å². The van der Waals surface area contributed by atoms with Crippen LogP contribution in [0.15, 0.2) is 48.7 Å². The fourth-order valence-electron chi connectivity index (χ4n) is 1.35. The molecule has 2 nitrogen and oxygen atoms in total. The third-order valence-corrected chi connectivity index (χ3v) is 2.87. The Labute approximate surface area is 102 Å². The Kier molecular flexibility index (Phi) is 3.33. The Morgan fingerprint density at radius 2 is 1.80 bits per heavy atom. The minimum Gasteiger partial charge on any atom is -0.382 e. The molecule has 1 N–H and O–H groups in total. The highest BCUT2D eigenvalue weighted by Crippen LogP contribution is 2.20. The van der Waals surface area contributed by atoms with Crippen LogP contribution in [0.25, 0.3) is 0 Å². The highest BCUT2D eigenvalue weighted by atomic mass is 127. The third-order valence-electron chi connectivity index (χ3n) is 2.15. The van der Waals surface area contributed by atoms with E-state index >= 15 is 0 Å². The van der Waals surface area contributed by atoms with Crippen LogP contribution in [-0.4, -0.2) is 10.1 Å². The van der Waals surface area contributed by atoms with Gasteiger partial charge in [0.15, 0.2) is 0 Å². The number of benzene rings is 1. The van der Waals surface area contributed by atoms with Gasteiger partial charge in [-0.25, -0.2) is 0 Å². The summed E-state index contributed by atoms with van der Waals surface area (Å²) in [6.45, 7) is 0. The predicted octanol–water partition coefficient (Wildman–Crippen LogP) is 2.77. The number of hydrogen-bond acceptors (Lipinski definition) is 2. The van der Waals surface area contributed by atoms with E-state index in [-0.39, 0.29) is 0 Å². The minimum absolute atomic E-state index is 0.636. The van der Waals surface area contributed by atoms with E-state index in [0.717, 1.165) is 9.13 Å². The third kappa shape index (κ3) is 2.54. The zero-order chi connectivity index (χ0) is 10.7. The summed E-state index contributed by atoms with van der Waals surface area (Å²) in [5.74, 6) is 0. The summed E-state index contributed by atoms with van der Waals surface area (Å²) in [6, 6.07) is 13.3. The number of halogens is 1. The maximum Gasteiger partial charge on any atom is 0.121 e. The molecule has 1 heterocycles. The van der Waals surface area contributed by atoms with Crippen LogP contribution < -0.4 is 0 Å². The summed E-state index contributed by atoms with van der Waals surface area (Å²) in [5.41, 5.74) is 1.55. The second kappa shape index (κ2) is 4.72. The maximum absolute atomic E-state index is 10.0. The molecule has 1 atom stereocenters. The molecule has 1 unspecified atom stereocenters. The van der Waals surface area contributed by atoms with Gasteiger partial charge in [-0.2, -0.15) is 0 Å². The van der Waals surface area contributed by atoms with Crippen LogP contribution in [0.5, 0.6) is 0 Å². The highest BCUT2D eigenvalue weighted by Gasteiger charge is 2.10. The van der Waals surface area contributed by atoms with Crippen molar-refractivity contribution in [3.8, 4) is 0 Å². The van der Waals surface area contributed by atoms with Gasteiger partial charge in [0.25, 0.3) is 0 Å². The molecule has 0 spiro atoms. The van der Waals surface area contributed by atoms with E-state index in [1.165, 1.54) is 0 Å².